The lowest BCUT2D eigenvalue weighted by Gasteiger charge is -2.31. The van der Waals surface area contributed by atoms with Gasteiger partial charge in [0.25, 0.3) is 0 Å². The first kappa shape index (κ1) is 16.3. The van der Waals surface area contributed by atoms with Gasteiger partial charge in [-0.1, -0.05) is 30.9 Å². The Morgan fingerprint density at radius 1 is 1.32 bits per heavy atom. The van der Waals surface area contributed by atoms with Gasteiger partial charge in [-0.05, 0) is 43.7 Å². The Bertz CT molecular complexity index is 448. The highest BCUT2D eigenvalue weighted by atomic mass is 35.5. The Labute approximate surface area is 126 Å². The largest absolute Gasteiger partial charge is 0.299 e. The first-order valence-electron chi connectivity index (χ1n) is 6.59. The molecule has 0 radical (unpaired) electrons. The smallest absolute Gasteiger partial charge is 0.0995 e. The molecule has 0 heterocycles. The number of hydrogen-bond donors (Lipinski definition) is 0. The Hall–Kier alpha value is -0.750. The van der Waals surface area contributed by atoms with Crippen LogP contribution in [0.3, 0.4) is 0 Å². The zero-order valence-corrected chi connectivity index (χ0v) is 12.8. The van der Waals surface area contributed by atoms with E-state index < -0.39 is 0 Å². The maximum absolute atomic E-state index is 9.12. The first-order chi connectivity index (χ1) is 8.70. The van der Waals surface area contributed by atoms with Gasteiger partial charge in [0.1, 0.15) is 0 Å². The molecule has 104 valence electrons. The SMILES string of the molecule is CN(Cc1cc(Cl)ccc1C#N)C1CCCCC1.Cl. The van der Waals surface area contributed by atoms with E-state index in [0.717, 1.165) is 17.7 Å². The van der Waals surface area contributed by atoms with E-state index >= 15 is 0 Å². The molecular weight excluding hydrogens is 279 g/mol. The van der Waals surface area contributed by atoms with Gasteiger partial charge >= 0.3 is 0 Å². The quantitative estimate of drug-likeness (QED) is 0.827. The van der Waals surface area contributed by atoms with Gasteiger partial charge in [0.05, 0.1) is 11.6 Å². The number of hydrogen-bond acceptors (Lipinski definition) is 2. The van der Waals surface area contributed by atoms with Crippen LogP contribution >= 0.6 is 24.0 Å². The average Bonchev–Trinajstić information content (AvgIpc) is 2.40. The normalized spacial score (nSPS) is 15.9. The molecule has 0 saturated heterocycles. The topological polar surface area (TPSA) is 27.0 Å². The summed E-state index contributed by atoms with van der Waals surface area (Å²) in [4.78, 5) is 2.37. The lowest BCUT2D eigenvalue weighted by atomic mass is 9.94. The van der Waals surface area contributed by atoms with Crippen LogP contribution in [-0.4, -0.2) is 18.0 Å². The molecule has 19 heavy (non-hydrogen) atoms. The summed E-state index contributed by atoms with van der Waals surface area (Å²) in [5.41, 5.74) is 1.78. The molecule has 0 N–H and O–H groups in total. The Kier molecular flexibility index (Phi) is 6.65. The molecule has 0 unspecified atom stereocenters. The van der Waals surface area contributed by atoms with Crippen molar-refractivity contribution in [1.82, 2.24) is 4.90 Å². The molecule has 4 heteroatoms. The van der Waals surface area contributed by atoms with Crippen LogP contribution in [0.1, 0.15) is 43.2 Å². The molecule has 1 aliphatic carbocycles. The van der Waals surface area contributed by atoms with Gasteiger partial charge in [-0.2, -0.15) is 5.26 Å². The van der Waals surface area contributed by atoms with Crippen molar-refractivity contribution >= 4 is 24.0 Å². The van der Waals surface area contributed by atoms with Gasteiger partial charge in [-0.15, -0.1) is 12.4 Å². The Morgan fingerprint density at radius 3 is 2.63 bits per heavy atom. The summed E-state index contributed by atoms with van der Waals surface area (Å²) < 4.78 is 0. The molecule has 0 amide bonds. The summed E-state index contributed by atoms with van der Waals surface area (Å²) in [5, 5.41) is 9.83. The third kappa shape index (κ3) is 4.38. The van der Waals surface area contributed by atoms with E-state index in [1.54, 1.807) is 6.07 Å². The molecule has 1 fully saturated rings. The molecule has 1 aliphatic rings. The molecular formula is C15H20Cl2N2. The monoisotopic (exact) mass is 298 g/mol. The maximum atomic E-state index is 9.12. The number of nitrogens with zero attached hydrogens (tertiary/aromatic N) is 2. The lowest BCUT2D eigenvalue weighted by molar-refractivity contribution is 0.184. The zero-order valence-electron chi connectivity index (χ0n) is 11.2. The summed E-state index contributed by atoms with van der Waals surface area (Å²) in [6, 6.07) is 8.41. The minimum Gasteiger partial charge on any atom is -0.299 e. The van der Waals surface area contributed by atoms with Crippen molar-refractivity contribution < 1.29 is 0 Å². The van der Waals surface area contributed by atoms with E-state index in [0.29, 0.717) is 11.1 Å². The van der Waals surface area contributed by atoms with Crippen molar-refractivity contribution in [3.63, 3.8) is 0 Å². The second kappa shape index (κ2) is 7.75. The van der Waals surface area contributed by atoms with E-state index in [2.05, 4.69) is 18.0 Å². The molecule has 1 saturated carbocycles. The van der Waals surface area contributed by atoms with Gasteiger partial charge in [0, 0.05) is 17.6 Å². The van der Waals surface area contributed by atoms with Crippen molar-refractivity contribution in [3.05, 3.63) is 34.3 Å². The number of halogens is 2. The zero-order chi connectivity index (χ0) is 13.0. The predicted molar refractivity (Wildman–Crippen MR) is 81.8 cm³/mol. The van der Waals surface area contributed by atoms with Crippen LogP contribution in [0.2, 0.25) is 5.02 Å². The summed E-state index contributed by atoms with van der Waals surface area (Å²) in [7, 11) is 2.15. The van der Waals surface area contributed by atoms with E-state index in [-0.39, 0.29) is 12.4 Å². The van der Waals surface area contributed by atoms with Crippen molar-refractivity contribution in [2.45, 2.75) is 44.7 Å². The highest BCUT2D eigenvalue weighted by Gasteiger charge is 2.18. The third-order valence-corrected chi connectivity index (χ3v) is 4.04. The minimum atomic E-state index is 0. The summed E-state index contributed by atoms with van der Waals surface area (Å²) in [5.74, 6) is 0. The van der Waals surface area contributed by atoms with E-state index in [4.69, 9.17) is 16.9 Å². The van der Waals surface area contributed by atoms with E-state index in [1.807, 2.05) is 12.1 Å². The van der Waals surface area contributed by atoms with Crippen LogP contribution in [-0.2, 0) is 6.54 Å². The average molecular weight is 299 g/mol. The Balaban J connectivity index is 0.00000180. The predicted octanol–water partition coefficient (Wildman–Crippen LogP) is 4.40. The van der Waals surface area contributed by atoms with Crippen molar-refractivity contribution in [1.29, 1.82) is 5.26 Å². The molecule has 0 bridgehead atoms. The molecule has 2 nitrogen and oxygen atoms in total. The fraction of sp³-hybridized carbons (Fsp3) is 0.533. The van der Waals surface area contributed by atoms with Crippen LogP contribution < -0.4 is 0 Å². The second-order valence-electron chi connectivity index (χ2n) is 5.12. The van der Waals surface area contributed by atoms with Crippen LogP contribution in [0.4, 0.5) is 0 Å². The van der Waals surface area contributed by atoms with Gasteiger partial charge in [-0.3, -0.25) is 4.90 Å². The fourth-order valence-corrected chi connectivity index (χ4v) is 2.92. The third-order valence-electron chi connectivity index (χ3n) is 3.81. The van der Waals surface area contributed by atoms with Crippen molar-refractivity contribution in [3.8, 4) is 6.07 Å². The summed E-state index contributed by atoms with van der Waals surface area (Å²) >= 11 is 6.02. The van der Waals surface area contributed by atoms with Crippen LogP contribution in [0.5, 0.6) is 0 Å². The lowest BCUT2D eigenvalue weighted by Crippen LogP contribution is -2.33. The number of benzene rings is 1. The van der Waals surface area contributed by atoms with Crippen LogP contribution in [0.25, 0.3) is 0 Å². The maximum Gasteiger partial charge on any atom is 0.0995 e. The highest BCUT2D eigenvalue weighted by molar-refractivity contribution is 6.30. The molecule has 0 spiro atoms. The summed E-state index contributed by atoms with van der Waals surface area (Å²) in [6.07, 6.45) is 6.58. The van der Waals surface area contributed by atoms with Crippen LogP contribution in [0.15, 0.2) is 18.2 Å². The summed E-state index contributed by atoms with van der Waals surface area (Å²) in [6.45, 7) is 0.814. The van der Waals surface area contributed by atoms with E-state index in [9.17, 15) is 0 Å². The van der Waals surface area contributed by atoms with Crippen LogP contribution in [0, 0.1) is 11.3 Å². The number of nitriles is 1. The fourth-order valence-electron chi connectivity index (χ4n) is 2.72. The highest BCUT2D eigenvalue weighted by Crippen LogP contribution is 2.24. The van der Waals surface area contributed by atoms with Crippen molar-refractivity contribution in [2.75, 3.05) is 7.05 Å². The molecule has 0 aromatic heterocycles. The minimum absolute atomic E-state index is 0. The van der Waals surface area contributed by atoms with Gasteiger partial charge in [0.2, 0.25) is 0 Å². The molecule has 2 rings (SSSR count). The van der Waals surface area contributed by atoms with Gasteiger partial charge in [0.15, 0.2) is 0 Å². The second-order valence-corrected chi connectivity index (χ2v) is 5.56. The Morgan fingerprint density at radius 2 is 2.00 bits per heavy atom. The molecule has 0 aliphatic heterocycles. The van der Waals surface area contributed by atoms with Gasteiger partial charge in [-0.25, -0.2) is 0 Å². The molecule has 0 atom stereocenters. The van der Waals surface area contributed by atoms with E-state index in [1.165, 1.54) is 32.1 Å². The van der Waals surface area contributed by atoms with Gasteiger partial charge < -0.3 is 0 Å². The molecule has 1 aromatic carbocycles. The first-order valence-corrected chi connectivity index (χ1v) is 6.97. The molecule has 1 aromatic rings. The van der Waals surface area contributed by atoms with Crippen molar-refractivity contribution in [2.24, 2.45) is 0 Å². The number of rotatable bonds is 3. The standard InChI is InChI=1S/C15H19ClN2.ClH/c1-18(15-5-3-2-4-6-15)11-13-9-14(16)8-7-12(13)10-17;/h7-9,15H,2-6,11H2,1H3;1H.